The van der Waals surface area contributed by atoms with Crippen LogP contribution in [0.25, 0.3) is 0 Å². The monoisotopic (exact) mass is 337 g/mol. The summed E-state index contributed by atoms with van der Waals surface area (Å²) in [7, 11) is 0. The summed E-state index contributed by atoms with van der Waals surface area (Å²) < 4.78 is 2.00. The van der Waals surface area contributed by atoms with E-state index in [2.05, 4.69) is 30.4 Å². The number of hydrogen-bond donors (Lipinski definition) is 1. The molecule has 6 nitrogen and oxygen atoms in total. The Morgan fingerprint density at radius 1 is 1.44 bits per heavy atom. The zero-order chi connectivity index (χ0) is 17.8. The minimum atomic E-state index is 0.0874. The number of amides is 1. The zero-order valence-corrected chi connectivity index (χ0v) is 14.7. The molecule has 2 aromatic rings. The number of carbonyl (C=O) groups is 1. The number of unbranched alkanes of at least 4 members (excludes halogenated alkanes) is 1. The topological polar surface area (TPSA) is 74.0 Å². The lowest BCUT2D eigenvalue weighted by molar-refractivity contribution is -0.129. The molecule has 1 aliphatic heterocycles. The van der Waals surface area contributed by atoms with Crippen LogP contribution in [-0.2, 0) is 24.3 Å². The van der Waals surface area contributed by atoms with E-state index in [0.717, 1.165) is 43.0 Å². The molecular weight excluding hydrogens is 314 g/mol. The van der Waals surface area contributed by atoms with Crippen LogP contribution in [0.5, 0.6) is 0 Å². The number of aryl methyl sites for hydroxylation is 2. The van der Waals surface area contributed by atoms with Crippen molar-refractivity contribution in [2.75, 3.05) is 11.9 Å². The third-order valence-corrected chi connectivity index (χ3v) is 4.52. The van der Waals surface area contributed by atoms with Crippen LogP contribution < -0.4 is 5.32 Å². The summed E-state index contributed by atoms with van der Waals surface area (Å²) in [5.41, 5.74) is 4.42. The van der Waals surface area contributed by atoms with Crippen molar-refractivity contribution in [2.24, 2.45) is 0 Å². The maximum atomic E-state index is 11.8. The van der Waals surface area contributed by atoms with E-state index in [0.29, 0.717) is 13.0 Å². The second kappa shape index (κ2) is 7.39. The van der Waals surface area contributed by atoms with E-state index in [1.807, 2.05) is 21.7 Å². The fourth-order valence-electron chi connectivity index (χ4n) is 3.21. The van der Waals surface area contributed by atoms with E-state index in [9.17, 15) is 4.79 Å². The largest absolute Gasteiger partial charge is 0.338 e. The summed E-state index contributed by atoms with van der Waals surface area (Å²) in [6.07, 6.45) is 2.10. The van der Waals surface area contributed by atoms with Gasteiger partial charge in [-0.25, -0.2) is 0 Å². The highest BCUT2D eigenvalue weighted by atomic mass is 16.2. The van der Waals surface area contributed by atoms with Crippen molar-refractivity contribution in [3.05, 3.63) is 41.1 Å². The van der Waals surface area contributed by atoms with Gasteiger partial charge in [0.1, 0.15) is 0 Å². The van der Waals surface area contributed by atoms with Gasteiger partial charge in [0.25, 0.3) is 0 Å². The van der Waals surface area contributed by atoms with E-state index >= 15 is 0 Å². The Bertz CT molecular complexity index is 818. The molecule has 0 bridgehead atoms. The van der Waals surface area contributed by atoms with Gasteiger partial charge in [0.05, 0.1) is 12.6 Å². The van der Waals surface area contributed by atoms with Crippen LogP contribution in [0.3, 0.4) is 0 Å². The highest BCUT2D eigenvalue weighted by Crippen LogP contribution is 2.29. The van der Waals surface area contributed by atoms with E-state index in [1.54, 1.807) is 6.92 Å². The standard InChI is InChI=1S/C19H23N5O/c1-14-6-5-7-16(12-14)21-19-17-13-23(15(2)25)11-8-18(17)24(22-19)10-4-3-9-20/h5-7,12H,3-4,8,10-11,13H2,1-2H3,(H,21,22). The number of hydrogen-bond acceptors (Lipinski definition) is 4. The number of fused-ring (bicyclic) bond motifs is 1. The number of nitrogens with one attached hydrogen (secondary N) is 1. The number of anilines is 2. The first-order valence-corrected chi connectivity index (χ1v) is 8.63. The number of aromatic nitrogens is 2. The van der Waals surface area contributed by atoms with Gasteiger partial charge in [0.15, 0.2) is 5.82 Å². The molecular formula is C19H23N5O. The molecule has 1 amide bonds. The Balaban J connectivity index is 1.90. The maximum absolute atomic E-state index is 11.8. The Morgan fingerprint density at radius 3 is 3.00 bits per heavy atom. The van der Waals surface area contributed by atoms with E-state index in [-0.39, 0.29) is 5.91 Å². The van der Waals surface area contributed by atoms with E-state index in [4.69, 9.17) is 10.4 Å². The maximum Gasteiger partial charge on any atom is 0.219 e. The van der Waals surface area contributed by atoms with Crippen LogP contribution in [0.1, 0.15) is 36.6 Å². The predicted octanol–water partition coefficient (Wildman–Crippen LogP) is 3.14. The quantitative estimate of drug-likeness (QED) is 0.851. The normalized spacial score (nSPS) is 13.2. The summed E-state index contributed by atoms with van der Waals surface area (Å²) >= 11 is 0. The molecule has 1 N–H and O–H groups in total. The summed E-state index contributed by atoms with van der Waals surface area (Å²) in [6.45, 7) is 5.69. The second-order valence-electron chi connectivity index (χ2n) is 6.44. The van der Waals surface area contributed by atoms with E-state index < -0.39 is 0 Å². The summed E-state index contributed by atoms with van der Waals surface area (Å²) in [6, 6.07) is 10.3. The first kappa shape index (κ1) is 17.0. The lowest BCUT2D eigenvalue weighted by atomic mass is 10.1. The van der Waals surface area contributed by atoms with E-state index in [1.165, 1.54) is 11.3 Å². The molecule has 130 valence electrons. The number of nitrogens with zero attached hydrogens (tertiary/aromatic N) is 4. The van der Waals surface area contributed by atoms with Gasteiger partial charge in [-0.2, -0.15) is 10.4 Å². The van der Waals surface area contributed by atoms with Crippen LogP contribution in [0.15, 0.2) is 24.3 Å². The van der Waals surface area contributed by atoms with Gasteiger partial charge in [-0.15, -0.1) is 0 Å². The van der Waals surface area contributed by atoms with Crippen LogP contribution in [-0.4, -0.2) is 27.1 Å². The SMILES string of the molecule is CC(=O)N1CCc2c(c(Nc3cccc(C)c3)nn2CCCC#N)C1. The third-order valence-electron chi connectivity index (χ3n) is 4.52. The van der Waals surface area contributed by atoms with Gasteiger partial charge in [-0.05, 0) is 31.0 Å². The molecule has 0 unspecified atom stereocenters. The molecule has 1 aromatic carbocycles. The van der Waals surface area contributed by atoms with Crippen molar-refractivity contribution >= 4 is 17.4 Å². The molecule has 0 saturated carbocycles. The second-order valence-corrected chi connectivity index (χ2v) is 6.44. The van der Waals surface area contributed by atoms with Crippen molar-refractivity contribution in [2.45, 2.75) is 46.2 Å². The zero-order valence-electron chi connectivity index (χ0n) is 14.7. The Morgan fingerprint density at radius 2 is 2.28 bits per heavy atom. The average Bonchev–Trinajstić information content (AvgIpc) is 2.92. The molecule has 0 atom stereocenters. The van der Waals surface area contributed by atoms with Crippen molar-refractivity contribution in [1.82, 2.24) is 14.7 Å². The molecule has 0 spiro atoms. The van der Waals surface area contributed by atoms with Gasteiger partial charge in [-0.3, -0.25) is 9.48 Å². The minimum Gasteiger partial charge on any atom is -0.338 e. The highest BCUT2D eigenvalue weighted by Gasteiger charge is 2.26. The molecule has 0 fully saturated rings. The van der Waals surface area contributed by atoms with Crippen LogP contribution in [0.4, 0.5) is 11.5 Å². The summed E-state index contributed by atoms with van der Waals surface area (Å²) in [5, 5.41) is 16.9. The molecule has 3 rings (SSSR count). The molecule has 1 aliphatic rings. The fraction of sp³-hybridized carbons (Fsp3) is 0.421. The van der Waals surface area contributed by atoms with Crippen LogP contribution in [0, 0.1) is 18.3 Å². The predicted molar refractivity (Wildman–Crippen MR) is 96.3 cm³/mol. The number of nitriles is 1. The third kappa shape index (κ3) is 3.82. The minimum absolute atomic E-state index is 0.0874. The smallest absolute Gasteiger partial charge is 0.219 e. The first-order chi connectivity index (χ1) is 12.1. The van der Waals surface area contributed by atoms with Gasteiger partial charge < -0.3 is 10.2 Å². The highest BCUT2D eigenvalue weighted by molar-refractivity contribution is 5.74. The van der Waals surface area contributed by atoms with Crippen LogP contribution >= 0.6 is 0 Å². The van der Waals surface area contributed by atoms with Crippen LogP contribution in [0.2, 0.25) is 0 Å². The van der Waals surface area contributed by atoms with Gasteiger partial charge in [-0.1, -0.05) is 12.1 Å². The van der Waals surface area contributed by atoms with Crippen molar-refractivity contribution in [3.8, 4) is 6.07 Å². The summed E-state index contributed by atoms with van der Waals surface area (Å²) in [5.74, 6) is 0.896. The Kier molecular flexibility index (Phi) is 5.03. The Hall–Kier alpha value is -2.81. The van der Waals surface area contributed by atoms with Crippen molar-refractivity contribution in [1.29, 1.82) is 5.26 Å². The molecule has 0 radical (unpaired) electrons. The molecule has 2 heterocycles. The number of carbonyl (C=O) groups excluding carboxylic acids is 1. The average molecular weight is 337 g/mol. The molecule has 25 heavy (non-hydrogen) atoms. The number of benzene rings is 1. The van der Waals surface area contributed by atoms with Crippen molar-refractivity contribution < 1.29 is 4.79 Å². The Labute approximate surface area is 148 Å². The molecule has 6 heteroatoms. The van der Waals surface area contributed by atoms with Gasteiger partial charge in [0, 0.05) is 49.8 Å². The molecule has 1 aromatic heterocycles. The number of rotatable bonds is 5. The first-order valence-electron chi connectivity index (χ1n) is 8.63. The molecule has 0 saturated heterocycles. The molecule has 0 aliphatic carbocycles. The fourth-order valence-corrected chi connectivity index (χ4v) is 3.21. The summed E-state index contributed by atoms with van der Waals surface area (Å²) in [4.78, 5) is 13.6. The van der Waals surface area contributed by atoms with Gasteiger partial charge in [0.2, 0.25) is 5.91 Å². The lowest BCUT2D eigenvalue weighted by Crippen LogP contribution is -2.34. The van der Waals surface area contributed by atoms with Crippen molar-refractivity contribution in [3.63, 3.8) is 0 Å². The van der Waals surface area contributed by atoms with Gasteiger partial charge >= 0.3 is 0 Å². The lowest BCUT2D eigenvalue weighted by Gasteiger charge is -2.26.